The molecule has 5 rings (SSSR count). The molecule has 1 aliphatic rings. The quantitative estimate of drug-likeness (QED) is 0.279. The standard InChI is InChI=1S/C29H30N4O3/c1-29(2,3)36-26(35)19-21-13-7-8-14-23(21)33-25(34)17-16-22(30-33)27-24-15-9-10-18-32(24)31-28(27)20-11-5-4-6-12-20/h4-6,9-12,15-19,23H,7-8,13-14H2,1-3H3. The molecular formula is C29H30N4O3. The van der Waals surface area contributed by atoms with Gasteiger partial charge in [-0.15, -0.1) is 0 Å². The van der Waals surface area contributed by atoms with Gasteiger partial charge in [-0.3, -0.25) is 4.79 Å². The fraction of sp³-hybridized carbons (Fsp3) is 0.310. The lowest BCUT2D eigenvalue weighted by Crippen LogP contribution is -2.30. The molecule has 0 saturated heterocycles. The topological polar surface area (TPSA) is 78.5 Å². The number of hydrogen-bond acceptors (Lipinski definition) is 5. The molecule has 1 saturated carbocycles. The molecule has 1 fully saturated rings. The largest absolute Gasteiger partial charge is 0.457 e. The van der Waals surface area contributed by atoms with E-state index in [1.165, 1.54) is 4.68 Å². The molecule has 36 heavy (non-hydrogen) atoms. The SMILES string of the molecule is CC(C)(C)OC(=O)C=C1CCCCC1n1nc(-c2c(-c3ccccc3)nn3ccccc23)ccc1=O. The summed E-state index contributed by atoms with van der Waals surface area (Å²) in [5.74, 6) is -0.386. The third-order valence-corrected chi connectivity index (χ3v) is 6.29. The minimum absolute atomic E-state index is 0.196. The average Bonchev–Trinajstić information content (AvgIpc) is 3.24. The third kappa shape index (κ3) is 4.87. The van der Waals surface area contributed by atoms with Gasteiger partial charge < -0.3 is 4.74 Å². The molecule has 4 aromatic rings. The summed E-state index contributed by atoms with van der Waals surface area (Å²) in [5.41, 5.74) is 4.31. The number of benzene rings is 1. The Bertz CT molecular complexity index is 1490. The van der Waals surface area contributed by atoms with Crippen molar-refractivity contribution in [3.8, 4) is 22.5 Å². The molecule has 7 heteroatoms. The van der Waals surface area contributed by atoms with E-state index in [0.717, 1.165) is 53.6 Å². The van der Waals surface area contributed by atoms with Gasteiger partial charge in [-0.05, 0) is 63.8 Å². The fourth-order valence-electron chi connectivity index (χ4n) is 4.78. The maximum Gasteiger partial charge on any atom is 0.331 e. The number of nitrogens with zero attached hydrogens (tertiary/aromatic N) is 4. The molecule has 1 aliphatic carbocycles. The Morgan fingerprint density at radius 1 is 1.00 bits per heavy atom. The molecule has 0 bridgehead atoms. The van der Waals surface area contributed by atoms with E-state index in [9.17, 15) is 9.59 Å². The highest BCUT2D eigenvalue weighted by Gasteiger charge is 2.26. The third-order valence-electron chi connectivity index (χ3n) is 6.29. The highest BCUT2D eigenvalue weighted by atomic mass is 16.6. The Hall–Kier alpha value is -4.00. The van der Waals surface area contributed by atoms with Crippen molar-refractivity contribution in [2.45, 2.75) is 58.1 Å². The Balaban J connectivity index is 1.62. The van der Waals surface area contributed by atoms with Crippen molar-refractivity contribution in [2.75, 3.05) is 0 Å². The van der Waals surface area contributed by atoms with Crippen LogP contribution in [-0.2, 0) is 9.53 Å². The first kappa shape index (κ1) is 23.7. The van der Waals surface area contributed by atoms with E-state index in [2.05, 4.69) is 0 Å². The predicted molar refractivity (Wildman–Crippen MR) is 140 cm³/mol. The van der Waals surface area contributed by atoms with Crippen LogP contribution in [0.1, 0.15) is 52.5 Å². The zero-order valence-corrected chi connectivity index (χ0v) is 20.8. The molecule has 0 radical (unpaired) electrons. The van der Waals surface area contributed by atoms with Gasteiger partial charge in [-0.1, -0.05) is 42.8 Å². The number of esters is 1. The average molecular weight is 483 g/mol. The second-order valence-electron chi connectivity index (χ2n) is 10.1. The zero-order valence-electron chi connectivity index (χ0n) is 20.8. The van der Waals surface area contributed by atoms with Gasteiger partial charge >= 0.3 is 5.97 Å². The molecule has 0 aliphatic heterocycles. The smallest absolute Gasteiger partial charge is 0.331 e. The van der Waals surface area contributed by atoms with Crippen LogP contribution in [0.4, 0.5) is 0 Å². The summed E-state index contributed by atoms with van der Waals surface area (Å²) in [6, 6.07) is 18.9. The van der Waals surface area contributed by atoms with Crippen molar-refractivity contribution < 1.29 is 9.53 Å². The summed E-state index contributed by atoms with van der Waals surface area (Å²) in [6.07, 6.45) is 6.86. The maximum atomic E-state index is 13.1. The fourth-order valence-corrected chi connectivity index (χ4v) is 4.78. The second kappa shape index (κ2) is 9.57. The van der Waals surface area contributed by atoms with Crippen molar-refractivity contribution in [2.24, 2.45) is 0 Å². The number of hydrogen-bond donors (Lipinski definition) is 0. The van der Waals surface area contributed by atoms with Crippen LogP contribution in [0.15, 0.2) is 83.3 Å². The normalized spacial score (nSPS) is 17.4. The number of pyridine rings is 1. The first-order valence-electron chi connectivity index (χ1n) is 12.4. The van der Waals surface area contributed by atoms with Crippen LogP contribution < -0.4 is 5.56 Å². The van der Waals surface area contributed by atoms with Crippen LogP contribution in [0.3, 0.4) is 0 Å². The van der Waals surface area contributed by atoms with Crippen molar-refractivity contribution in [3.63, 3.8) is 0 Å². The minimum atomic E-state index is -0.579. The van der Waals surface area contributed by atoms with Crippen molar-refractivity contribution in [3.05, 3.63) is 88.9 Å². The molecule has 1 unspecified atom stereocenters. The van der Waals surface area contributed by atoms with Gasteiger partial charge in [-0.2, -0.15) is 10.2 Å². The first-order valence-corrected chi connectivity index (χ1v) is 12.4. The van der Waals surface area contributed by atoms with Crippen molar-refractivity contribution in [1.29, 1.82) is 0 Å². The highest BCUT2D eigenvalue weighted by molar-refractivity contribution is 5.90. The van der Waals surface area contributed by atoms with Gasteiger partial charge in [0.1, 0.15) is 11.3 Å². The lowest BCUT2D eigenvalue weighted by molar-refractivity contribution is -0.148. The van der Waals surface area contributed by atoms with Crippen LogP contribution >= 0.6 is 0 Å². The van der Waals surface area contributed by atoms with Gasteiger partial charge in [-0.25, -0.2) is 14.0 Å². The second-order valence-corrected chi connectivity index (χ2v) is 10.1. The Kier molecular flexibility index (Phi) is 6.31. The molecule has 1 aromatic carbocycles. The molecule has 3 aromatic heterocycles. The molecule has 0 spiro atoms. The van der Waals surface area contributed by atoms with Crippen LogP contribution in [0.2, 0.25) is 0 Å². The summed E-state index contributed by atoms with van der Waals surface area (Å²) < 4.78 is 8.89. The van der Waals surface area contributed by atoms with Gasteiger partial charge in [0, 0.05) is 23.9 Å². The molecule has 3 heterocycles. The zero-order chi connectivity index (χ0) is 25.3. The van der Waals surface area contributed by atoms with Gasteiger partial charge in [0.25, 0.3) is 5.56 Å². The lowest BCUT2D eigenvalue weighted by atomic mass is 9.89. The van der Waals surface area contributed by atoms with Gasteiger partial charge in [0.05, 0.1) is 22.8 Å². The number of fused-ring (bicyclic) bond motifs is 1. The highest BCUT2D eigenvalue weighted by Crippen LogP contribution is 2.36. The number of ether oxygens (including phenoxy) is 1. The van der Waals surface area contributed by atoms with E-state index in [0.29, 0.717) is 5.69 Å². The summed E-state index contributed by atoms with van der Waals surface area (Å²) in [7, 11) is 0. The van der Waals surface area contributed by atoms with E-state index < -0.39 is 5.60 Å². The molecule has 7 nitrogen and oxygen atoms in total. The van der Waals surface area contributed by atoms with Gasteiger partial charge in [0.2, 0.25) is 0 Å². The summed E-state index contributed by atoms with van der Waals surface area (Å²) in [5, 5.41) is 9.69. The van der Waals surface area contributed by atoms with E-state index in [1.54, 1.807) is 18.2 Å². The summed E-state index contributed by atoms with van der Waals surface area (Å²) >= 11 is 0. The molecule has 1 atom stereocenters. The van der Waals surface area contributed by atoms with Crippen molar-refractivity contribution >= 4 is 11.5 Å². The van der Waals surface area contributed by atoms with Crippen LogP contribution in [0.5, 0.6) is 0 Å². The number of rotatable bonds is 4. The molecule has 184 valence electrons. The monoisotopic (exact) mass is 482 g/mol. The van der Waals surface area contributed by atoms with E-state index in [4.69, 9.17) is 14.9 Å². The Labute approximate surface area is 210 Å². The maximum absolute atomic E-state index is 13.1. The predicted octanol–water partition coefficient (Wildman–Crippen LogP) is 5.61. The summed E-state index contributed by atoms with van der Waals surface area (Å²) in [6.45, 7) is 5.54. The van der Waals surface area contributed by atoms with Gasteiger partial charge in [0.15, 0.2) is 0 Å². The number of allylic oxidation sites excluding steroid dienone is 1. The molecule has 0 amide bonds. The summed E-state index contributed by atoms with van der Waals surface area (Å²) in [4.78, 5) is 25.6. The number of carbonyl (C=O) groups is 1. The van der Waals surface area contributed by atoms with Crippen LogP contribution in [0.25, 0.3) is 28.0 Å². The number of carbonyl (C=O) groups excluding carboxylic acids is 1. The van der Waals surface area contributed by atoms with Crippen LogP contribution in [0, 0.1) is 0 Å². The van der Waals surface area contributed by atoms with E-state index in [1.807, 2.05) is 80.0 Å². The lowest BCUT2D eigenvalue weighted by Gasteiger charge is -2.27. The first-order chi connectivity index (χ1) is 17.3. The number of aromatic nitrogens is 4. The minimum Gasteiger partial charge on any atom is -0.457 e. The van der Waals surface area contributed by atoms with E-state index in [-0.39, 0.29) is 17.6 Å². The van der Waals surface area contributed by atoms with Crippen molar-refractivity contribution in [1.82, 2.24) is 19.4 Å². The van der Waals surface area contributed by atoms with Crippen LogP contribution in [-0.4, -0.2) is 31.0 Å². The Morgan fingerprint density at radius 3 is 2.56 bits per heavy atom. The Morgan fingerprint density at radius 2 is 1.78 bits per heavy atom. The molecule has 0 N–H and O–H groups in total. The molecular weight excluding hydrogens is 452 g/mol. The van der Waals surface area contributed by atoms with E-state index >= 15 is 0 Å².